The van der Waals surface area contributed by atoms with Gasteiger partial charge in [0.2, 0.25) is 0 Å². The molecule has 20 heavy (non-hydrogen) atoms. The molecule has 1 heterocycles. The Bertz CT molecular complexity index is 425. The van der Waals surface area contributed by atoms with Crippen molar-refractivity contribution in [2.75, 3.05) is 25.4 Å². The van der Waals surface area contributed by atoms with Gasteiger partial charge in [0.05, 0.1) is 0 Å². The normalized spacial score (nSPS) is 20.0. The summed E-state index contributed by atoms with van der Waals surface area (Å²) in [5.41, 5.74) is 8.78. The average Bonchev–Trinajstić information content (AvgIpc) is 2.42. The molecule has 1 aromatic carbocycles. The predicted octanol–water partition coefficient (Wildman–Crippen LogP) is 4.06. The monoisotopic (exact) mass is 274 g/mol. The summed E-state index contributed by atoms with van der Waals surface area (Å²) >= 11 is 0. The van der Waals surface area contributed by atoms with E-state index in [2.05, 4.69) is 44.7 Å². The number of likely N-dealkylation sites (tertiary alicyclic amines) is 1. The van der Waals surface area contributed by atoms with Crippen molar-refractivity contribution in [3.63, 3.8) is 0 Å². The van der Waals surface area contributed by atoms with Gasteiger partial charge in [0.15, 0.2) is 0 Å². The average molecular weight is 274 g/mol. The highest BCUT2D eigenvalue weighted by Crippen LogP contribution is 2.35. The van der Waals surface area contributed by atoms with Gasteiger partial charge in [-0.05, 0) is 49.0 Å². The quantitative estimate of drug-likeness (QED) is 0.839. The van der Waals surface area contributed by atoms with Crippen molar-refractivity contribution in [2.24, 2.45) is 5.41 Å². The molecule has 0 spiro atoms. The molecule has 0 radical (unpaired) electrons. The lowest BCUT2D eigenvalue weighted by Gasteiger charge is -2.42. The van der Waals surface area contributed by atoms with Crippen LogP contribution in [0.3, 0.4) is 0 Å². The molecule has 0 saturated carbocycles. The Morgan fingerprint density at radius 3 is 2.20 bits per heavy atom. The van der Waals surface area contributed by atoms with Gasteiger partial charge in [-0.1, -0.05) is 46.2 Å². The maximum atomic E-state index is 5.79. The molecule has 1 aliphatic heterocycles. The van der Waals surface area contributed by atoms with E-state index in [1.54, 1.807) is 0 Å². The Kier molecular flexibility index (Phi) is 4.43. The highest BCUT2D eigenvalue weighted by atomic mass is 15.1. The van der Waals surface area contributed by atoms with Crippen molar-refractivity contribution in [1.82, 2.24) is 4.90 Å². The third kappa shape index (κ3) is 3.54. The van der Waals surface area contributed by atoms with Crippen LogP contribution in [0.25, 0.3) is 0 Å². The number of hydrogen-bond acceptors (Lipinski definition) is 2. The Labute approximate surface area is 124 Å². The van der Waals surface area contributed by atoms with Crippen molar-refractivity contribution in [3.8, 4) is 0 Å². The Morgan fingerprint density at radius 1 is 1.15 bits per heavy atom. The lowest BCUT2D eigenvalue weighted by molar-refractivity contribution is 0.0990. The molecule has 0 amide bonds. The fourth-order valence-electron chi connectivity index (χ4n) is 3.19. The Balaban J connectivity index is 1.97. The van der Waals surface area contributed by atoms with E-state index >= 15 is 0 Å². The SMILES string of the molecule is CCC1(C)CCN(CC(C)(C)c2ccc(N)cc2)CC1. The zero-order chi connectivity index (χ0) is 14.8. The predicted molar refractivity (Wildman–Crippen MR) is 88.0 cm³/mol. The summed E-state index contributed by atoms with van der Waals surface area (Å²) in [5.74, 6) is 0. The lowest BCUT2D eigenvalue weighted by Crippen LogP contribution is -2.44. The van der Waals surface area contributed by atoms with Crippen LogP contribution in [0, 0.1) is 5.41 Å². The first-order chi connectivity index (χ1) is 9.35. The van der Waals surface area contributed by atoms with Crippen LogP contribution in [0.4, 0.5) is 5.69 Å². The summed E-state index contributed by atoms with van der Waals surface area (Å²) in [7, 11) is 0. The maximum absolute atomic E-state index is 5.79. The van der Waals surface area contributed by atoms with Crippen LogP contribution in [-0.2, 0) is 5.41 Å². The third-order valence-corrected chi connectivity index (χ3v) is 5.23. The van der Waals surface area contributed by atoms with Crippen molar-refractivity contribution in [1.29, 1.82) is 0 Å². The molecule has 2 nitrogen and oxygen atoms in total. The minimum absolute atomic E-state index is 0.188. The van der Waals surface area contributed by atoms with Crippen molar-refractivity contribution in [3.05, 3.63) is 29.8 Å². The van der Waals surface area contributed by atoms with E-state index in [9.17, 15) is 0 Å². The highest BCUT2D eigenvalue weighted by molar-refractivity contribution is 5.41. The van der Waals surface area contributed by atoms with Gasteiger partial charge < -0.3 is 10.6 Å². The molecule has 2 heteroatoms. The molecule has 112 valence electrons. The number of nitrogens with zero attached hydrogens (tertiary/aromatic N) is 1. The highest BCUT2D eigenvalue weighted by Gasteiger charge is 2.31. The molecule has 0 unspecified atom stereocenters. The summed E-state index contributed by atoms with van der Waals surface area (Å²) < 4.78 is 0. The van der Waals surface area contributed by atoms with Gasteiger partial charge >= 0.3 is 0 Å². The second-order valence-corrected chi connectivity index (χ2v) is 7.45. The first kappa shape index (κ1) is 15.4. The van der Waals surface area contributed by atoms with Gasteiger partial charge in [-0.2, -0.15) is 0 Å². The Morgan fingerprint density at radius 2 is 1.70 bits per heavy atom. The van der Waals surface area contributed by atoms with Gasteiger partial charge in [0, 0.05) is 17.6 Å². The van der Waals surface area contributed by atoms with Gasteiger partial charge in [0.1, 0.15) is 0 Å². The summed E-state index contributed by atoms with van der Waals surface area (Å²) in [5, 5.41) is 0. The second-order valence-electron chi connectivity index (χ2n) is 7.45. The number of nitrogens with two attached hydrogens (primary N) is 1. The molecular formula is C18H30N2. The second kappa shape index (κ2) is 5.77. The fourth-order valence-corrected chi connectivity index (χ4v) is 3.19. The van der Waals surface area contributed by atoms with Crippen LogP contribution in [0.2, 0.25) is 0 Å². The lowest BCUT2D eigenvalue weighted by atomic mass is 9.77. The smallest absolute Gasteiger partial charge is 0.0314 e. The number of benzene rings is 1. The van der Waals surface area contributed by atoms with Crippen molar-refractivity contribution < 1.29 is 0 Å². The largest absolute Gasteiger partial charge is 0.399 e. The third-order valence-electron chi connectivity index (χ3n) is 5.23. The van der Waals surface area contributed by atoms with Crippen molar-refractivity contribution >= 4 is 5.69 Å². The van der Waals surface area contributed by atoms with Crippen LogP contribution < -0.4 is 5.73 Å². The number of rotatable bonds is 4. The molecule has 2 N–H and O–H groups in total. The number of anilines is 1. The van der Waals surface area contributed by atoms with E-state index in [4.69, 9.17) is 5.73 Å². The molecule has 0 bridgehead atoms. The minimum atomic E-state index is 0.188. The first-order valence-electron chi connectivity index (χ1n) is 7.93. The van der Waals surface area contributed by atoms with Crippen LogP contribution in [0.5, 0.6) is 0 Å². The van der Waals surface area contributed by atoms with E-state index in [0.717, 1.165) is 12.2 Å². The van der Waals surface area contributed by atoms with Crippen LogP contribution >= 0.6 is 0 Å². The van der Waals surface area contributed by atoms with E-state index < -0.39 is 0 Å². The van der Waals surface area contributed by atoms with Crippen molar-refractivity contribution in [2.45, 2.75) is 52.4 Å². The summed E-state index contributed by atoms with van der Waals surface area (Å²) in [4.78, 5) is 2.63. The van der Waals surface area contributed by atoms with E-state index in [1.807, 2.05) is 12.1 Å². The minimum Gasteiger partial charge on any atom is -0.399 e. The number of hydrogen-bond donors (Lipinski definition) is 1. The molecule has 2 rings (SSSR count). The van der Waals surface area contributed by atoms with E-state index in [1.165, 1.54) is 37.9 Å². The molecule has 1 aromatic rings. The molecule has 1 saturated heterocycles. The molecular weight excluding hydrogens is 244 g/mol. The topological polar surface area (TPSA) is 29.3 Å². The van der Waals surface area contributed by atoms with Crippen LogP contribution in [0.1, 0.15) is 52.5 Å². The van der Waals surface area contributed by atoms with Crippen LogP contribution in [-0.4, -0.2) is 24.5 Å². The summed E-state index contributed by atoms with van der Waals surface area (Å²) in [6.45, 7) is 13.1. The van der Waals surface area contributed by atoms with Crippen LogP contribution in [0.15, 0.2) is 24.3 Å². The molecule has 0 atom stereocenters. The van der Waals surface area contributed by atoms with E-state index in [0.29, 0.717) is 5.41 Å². The Hall–Kier alpha value is -1.02. The van der Waals surface area contributed by atoms with Gasteiger partial charge in [-0.15, -0.1) is 0 Å². The maximum Gasteiger partial charge on any atom is 0.0314 e. The molecule has 0 aromatic heterocycles. The van der Waals surface area contributed by atoms with Gasteiger partial charge in [0.25, 0.3) is 0 Å². The number of piperidine rings is 1. The summed E-state index contributed by atoms with van der Waals surface area (Å²) in [6, 6.07) is 8.38. The number of nitrogen functional groups attached to an aromatic ring is 1. The standard InChI is InChI=1S/C18H30N2/c1-5-18(4)10-12-20(13-11-18)14-17(2,3)15-6-8-16(19)9-7-15/h6-9H,5,10-14,19H2,1-4H3. The first-order valence-corrected chi connectivity index (χ1v) is 7.93. The van der Waals surface area contributed by atoms with Gasteiger partial charge in [-0.3, -0.25) is 0 Å². The molecule has 1 fully saturated rings. The van der Waals surface area contributed by atoms with E-state index in [-0.39, 0.29) is 5.41 Å². The zero-order valence-corrected chi connectivity index (χ0v) is 13.6. The fraction of sp³-hybridized carbons (Fsp3) is 0.667. The van der Waals surface area contributed by atoms with Gasteiger partial charge in [-0.25, -0.2) is 0 Å². The summed E-state index contributed by atoms with van der Waals surface area (Å²) in [6.07, 6.45) is 3.98. The molecule has 0 aliphatic carbocycles. The molecule has 1 aliphatic rings. The zero-order valence-electron chi connectivity index (χ0n) is 13.6.